The first-order chi connectivity index (χ1) is 10.6. The highest BCUT2D eigenvalue weighted by Gasteiger charge is 2.10. The first kappa shape index (κ1) is 14.1. The van der Waals surface area contributed by atoms with E-state index in [2.05, 4.69) is 10.3 Å². The summed E-state index contributed by atoms with van der Waals surface area (Å²) in [5.41, 5.74) is 4.85. The van der Waals surface area contributed by atoms with Gasteiger partial charge in [0.2, 0.25) is 5.91 Å². The van der Waals surface area contributed by atoms with Gasteiger partial charge in [-0.1, -0.05) is 30.3 Å². The molecule has 3 rings (SSSR count). The Balaban J connectivity index is 1.91. The van der Waals surface area contributed by atoms with E-state index < -0.39 is 0 Å². The number of aryl methyl sites for hydroxylation is 1. The number of aromatic amines is 1. The van der Waals surface area contributed by atoms with Crippen LogP contribution in [0.4, 0.5) is 5.69 Å². The zero-order chi connectivity index (χ0) is 15.5. The van der Waals surface area contributed by atoms with Crippen molar-refractivity contribution in [2.24, 2.45) is 0 Å². The number of carbonyl (C=O) groups is 1. The second-order valence-corrected chi connectivity index (χ2v) is 5.18. The molecule has 4 heteroatoms. The van der Waals surface area contributed by atoms with Crippen LogP contribution in [-0.2, 0) is 4.79 Å². The fourth-order valence-corrected chi connectivity index (χ4v) is 2.39. The molecule has 1 aromatic heterocycles. The molecule has 2 aromatic carbocycles. The molecule has 0 spiro atoms. The molecule has 0 saturated carbocycles. The fourth-order valence-electron chi connectivity index (χ4n) is 2.39. The number of aromatic nitrogens is 2. The van der Waals surface area contributed by atoms with Gasteiger partial charge < -0.3 is 10.3 Å². The van der Waals surface area contributed by atoms with Gasteiger partial charge in [0.05, 0.1) is 5.69 Å². The minimum absolute atomic E-state index is 0.0760. The molecule has 2 N–H and O–H groups in total. The van der Waals surface area contributed by atoms with Crippen molar-refractivity contribution in [3.05, 3.63) is 60.3 Å². The Hall–Kier alpha value is -2.88. The van der Waals surface area contributed by atoms with Crippen LogP contribution in [-0.4, -0.2) is 15.9 Å². The predicted octanol–water partition coefficient (Wildman–Crippen LogP) is 4.01. The van der Waals surface area contributed by atoms with E-state index >= 15 is 0 Å². The van der Waals surface area contributed by atoms with Gasteiger partial charge in [0.1, 0.15) is 5.82 Å². The summed E-state index contributed by atoms with van der Waals surface area (Å²) < 4.78 is 0. The van der Waals surface area contributed by atoms with E-state index in [1.165, 1.54) is 6.92 Å². The van der Waals surface area contributed by atoms with Crippen molar-refractivity contribution < 1.29 is 4.79 Å². The van der Waals surface area contributed by atoms with E-state index in [9.17, 15) is 4.79 Å². The summed E-state index contributed by atoms with van der Waals surface area (Å²) in [5.74, 6) is 0.749. The lowest BCUT2D eigenvalue weighted by Crippen LogP contribution is -2.05. The third-order valence-electron chi connectivity index (χ3n) is 3.41. The Labute approximate surface area is 129 Å². The third-order valence-corrected chi connectivity index (χ3v) is 3.41. The standard InChI is InChI=1S/C18H17N3O/c1-12-17(14-6-4-3-5-7-14)21-18(19-12)15-8-10-16(11-9-15)20-13(2)22/h3-11H,1-2H3,(H,19,21)(H,20,22). The van der Waals surface area contributed by atoms with Crippen molar-refractivity contribution in [2.75, 3.05) is 5.32 Å². The first-order valence-electron chi connectivity index (χ1n) is 7.13. The summed E-state index contributed by atoms with van der Waals surface area (Å²) in [6.45, 7) is 3.51. The van der Waals surface area contributed by atoms with Gasteiger partial charge in [0, 0.05) is 29.4 Å². The molecule has 0 aliphatic carbocycles. The van der Waals surface area contributed by atoms with Gasteiger partial charge in [-0.05, 0) is 31.2 Å². The lowest BCUT2D eigenvalue weighted by Gasteiger charge is -2.02. The van der Waals surface area contributed by atoms with Crippen LogP contribution < -0.4 is 5.32 Å². The molecule has 110 valence electrons. The largest absolute Gasteiger partial charge is 0.342 e. The maximum atomic E-state index is 11.0. The summed E-state index contributed by atoms with van der Waals surface area (Å²) in [4.78, 5) is 19.1. The number of hydrogen-bond donors (Lipinski definition) is 2. The predicted molar refractivity (Wildman–Crippen MR) is 88.5 cm³/mol. The molecule has 0 fully saturated rings. The van der Waals surface area contributed by atoms with Crippen LogP contribution >= 0.6 is 0 Å². The quantitative estimate of drug-likeness (QED) is 0.766. The van der Waals surface area contributed by atoms with Crippen molar-refractivity contribution in [3.8, 4) is 22.6 Å². The van der Waals surface area contributed by atoms with E-state index in [1.54, 1.807) is 0 Å². The van der Waals surface area contributed by atoms with Gasteiger partial charge in [-0.2, -0.15) is 0 Å². The Morgan fingerprint density at radius 2 is 1.68 bits per heavy atom. The Kier molecular flexibility index (Phi) is 3.74. The first-order valence-corrected chi connectivity index (χ1v) is 7.13. The highest BCUT2D eigenvalue weighted by atomic mass is 16.1. The van der Waals surface area contributed by atoms with Gasteiger partial charge >= 0.3 is 0 Å². The minimum atomic E-state index is -0.0760. The molecule has 1 heterocycles. The zero-order valence-electron chi connectivity index (χ0n) is 12.6. The third kappa shape index (κ3) is 2.91. The normalized spacial score (nSPS) is 10.5. The van der Waals surface area contributed by atoms with Crippen molar-refractivity contribution in [2.45, 2.75) is 13.8 Å². The van der Waals surface area contributed by atoms with Crippen LogP contribution in [0, 0.1) is 6.92 Å². The molecule has 0 unspecified atom stereocenters. The number of carbonyl (C=O) groups excluding carboxylic acids is 1. The van der Waals surface area contributed by atoms with E-state index in [0.29, 0.717) is 0 Å². The van der Waals surface area contributed by atoms with E-state index in [-0.39, 0.29) is 5.91 Å². The highest BCUT2D eigenvalue weighted by molar-refractivity contribution is 5.88. The van der Waals surface area contributed by atoms with Crippen molar-refractivity contribution in [1.82, 2.24) is 9.97 Å². The topological polar surface area (TPSA) is 57.8 Å². The highest BCUT2D eigenvalue weighted by Crippen LogP contribution is 2.26. The monoisotopic (exact) mass is 291 g/mol. The van der Waals surface area contributed by atoms with Crippen LogP contribution in [0.1, 0.15) is 12.6 Å². The number of anilines is 1. The van der Waals surface area contributed by atoms with Gasteiger partial charge in [-0.25, -0.2) is 4.98 Å². The SMILES string of the molecule is CC(=O)Nc1ccc(-c2nc(-c3ccccc3)c(C)[nH]2)cc1. The molecule has 1 amide bonds. The van der Waals surface area contributed by atoms with Crippen LogP contribution in [0.2, 0.25) is 0 Å². The summed E-state index contributed by atoms with van der Waals surface area (Å²) in [6.07, 6.45) is 0. The number of nitrogens with one attached hydrogen (secondary N) is 2. The van der Waals surface area contributed by atoms with Crippen molar-refractivity contribution >= 4 is 11.6 Å². The second kappa shape index (κ2) is 5.85. The van der Waals surface area contributed by atoms with Gasteiger partial charge in [0.15, 0.2) is 0 Å². The summed E-state index contributed by atoms with van der Waals surface area (Å²) >= 11 is 0. The molecule has 0 radical (unpaired) electrons. The Morgan fingerprint density at radius 3 is 2.32 bits per heavy atom. The number of benzene rings is 2. The molecule has 3 aromatic rings. The molecular formula is C18H17N3O. The van der Waals surface area contributed by atoms with Gasteiger partial charge in [-0.3, -0.25) is 4.79 Å². The molecule has 22 heavy (non-hydrogen) atoms. The molecule has 0 aliphatic heterocycles. The second-order valence-electron chi connectivity index (χ2n) is 5.18. The number of nitrogens with zero attached hydrogens (tertiary/aromatic N) is 1. The van der Waals surface area contributed by atoms with Crippen LogP contribution in [0.15, 0.2) is 54.6 Å². The smallest absolute Gasteiger partial charge is 0.221 e. The van der Waals surface area contributed by atoms with Crippen LogP contribution in [0.25, 0.3) is 22.6 Å². The molecule has 0 saturated heterocycles. The Morgan fingerprint density at radius 1 is 1.00 bits per heavy atom. The lowest BCUT2D eigenvalue weighted by atomic mass is 10.1. The number of rotatable bonds is 3. The van der Waals surface area contributed by atoms with Crippen molar-refractivity contribution in [3.63, 3.8) is 0 Å². The number of H-pyrrole nitrogens is 1. The maximum absolute atomic E-state index is 11.0. The lowest BCUT2D eigenvalue weighted by molar-refractivity contribution is -0.114. The maximum Gasteiger partial charge on any atom is 0.221 e. The summed E-state index contributed by atoms with van der Waals surface area (Å²) in [7, 11) is 0. The molecular weight excluding hydrogens is 274 g/mol. The van der Waals surface area contributed by atoms with Crippen LogP contribution in [0.3, 0.4) is 0 Å². The molecule has 0 aliphatic rings. The average molecular weight is 291 g/mol. The summed E-state index contributed by atoms with van der Waals surface area (Å²) in [6, 6.07) is 17.7. The number of hydrogen-bond acceptors (Lipinski definition) is 2. The van der Waals surface area contributed by atoms with Crippen LogP contribution in [0.5, 0.6) is 0 Å². The zero-order valence-corrected chi connectivity index (χ0v) is 12.6. The molecule has 4 nitrogen and oxygen atoms in total. The van der Waals surface area contributed by atoms with Crippen molar-refractivity contribution in [1.29, 1.82) is 0 Å². The molecule has 0 bridgehead atoms. The summed E-state index contributed by atoms with van der Waals surface area (Å²) in [5, 5.41) is 2.76. The molecule has 0 atom stereocenters. The average Bonchev–Trinajstić information content (AvgIpc) is 2.90. The van der Waals surface area contributed by atoms with E-state index in [1.807, 2.05) is 61.5 Å². The van der Waals surface area contributed by atoms with Gasteiger partial charge in [-0.15, -0.1) is 0 Å². The Bertz CT molecular complexity index is 789. The minimum Gasteiger partial charge on any atom is -0.342 e. The van der Waals surface area contributed by atoms with E-state index in [4.69, 9.17) is 4.98 Å². The van der Waals surface area contributed by atoms with E-state index in [0.717, 1.165) is 34.0 Å². The number of imidazole rings is 1. The van der Waals surface area contributed by atoms with Gasteiger partial charge in [0.25, 0.3) is 0 Å². The fraction of sp³-hybridized carbons (Fsp3) is 0.111. The number of amides is 1.